The fourth-order valence-corrected chi connectivity index (χ4v) is 4.36. The van der Waals surface area contributed by atoms with Gasteiger partial charge in [0.15, 0.2) is 0 Å². The lowest BCUT2D eigenvalue weighted by atomic mass is 10.2. The number of nitrogens with one attached hydrogen (secondary N) is 2. The molecular weight excluding hydrogens is 292 g/mol. The van der Waals surface area contributed by atoms with Gasteiger partial charge in [-0.25, -0.2) is 13.1 Å². The minimum absolute atomic E-state index is 0.318. The van der Waals surface area contributed by atoms with E-state index in [2.05, 4.69) is 16.3 Å². The Hall–Kier alpha value is -0.720. The van der Waals surface area contributed by atoms with Crippen molar-refractivity contribution in [3.8, 4) is 0 Å². The summed E-state index contributed by atoms with van der Waals surface area (Å²) in [6, 6.07) is 7.50. The Balaban J connectivity index is 1.99. The van der Waals surface area contributed by atoms with Crippen LogP contribution < -0.4 is 10.0 Å². The predicted octanol–water partition coefficient (Wildman–Crippen LogP) is 2.68. The molecule has 2 unspecified atom stereocenters. The minimum Gasteiger partial charge on any atom is -0.382 e. The van der Waals surface area contributed by atoms with E-state index < -0.39 is 10.0 Å². The molecule has 112 valence electrons. The zero-order chi connectivity index (χ0) is 14.6. The first-order valence-electron chi connectivity index (χ1n) is 6.94. The van der Waals surface area contributed by atoms with Gasteiger partial charge in [-0.2, -0.15) is 11.8 Å². The molecular formula is C14H22N2O2S2. The van der Waals surface area contributed by atoms with Crippen LogP contribution in [0.1, 0.15) is 26.2 Å². The lowest BCUT2D eigenvalue weighted by Gasteiger charge is -2.14. The summed E-state index contributed by atoms with van der Waals surface area (Å²) in [7, 11) is -3.35. The van der Waals surface area contributed by atoms with Crippen LogP contribution in [0.25, 0.3) is 0 Å². The molecule has 2 atom stereocenters. The Bertz CT molecular complexity index is 529. The molecule has 0 bridgehead atoms. The van der Waals surface area contributed by atoms with Gasteiger partial charge in [-0.15, -0.1) is 0 Å². The fraction of sp³-hybridized carbons (Fsp3) is 0.571. The average Bonchev–Trinajstić information content (AvgIpc) is 2.87. The van der Waals surface area contributed by atoms with E-state index in [1.807, 2.05) is 23.9 Å². The number of hydrogen-bond donors (Lipinski definition) is 2. The molecule has 1 aromatic rings. The highest BCUT2D eigenvalue weighted by atomic mass is 32.2. The van der Waals surface area contributed by atoms with Crippen LogP contribution >= 0.6 is 11.8 Å². The molecule has 4 nitrogen and oxygen atoms in total. The summed E-state index contributed by atoms with van der Waals surface area (Å²) in [4.78, 5) is 0.318. The molecule has 1 aliphatic carbocycles. The first-order chi connectivity index (χ1) is 9.55. The van der Waals surface area contributed by atoms with Crippen molar-refractivity contribution in [3.63, 3.8) is 0 Å². The lowest BCUT2D eigenvalue weighted by molar-refractivity contribution is 0.584. The normalized spacial score (nSPS) is 22.9. The van der Waals surface area contributed by atoms with Gasteiger partial charge >= 0.3 is 0 Å². The van der Waals surface area contributed by atoms with Gasteiger partial charge < -0.3 is 5.32 Å². The highest BCUT2D eigenvalue weighted by Crippen LogP contribution is 2.30. The van der Waals surface area contributed by atoms with Crippen LogP contribution in [-0.2, 0) is 10.0 Å². The first kappa shape index (κ1) is 15.7. The van der Waals surface area contributed by atoms with Crippen molar-refractivity contribution in [2.45, 2.75) is 42.4 Å². The predicted molar refractivity (Wildman–Crippen MR) is 85.9 cm³/mol. The van der Waals surface area contributed by atoms with Crippen molar-refractivity contribution < 1.29 is 8.42 Å². The highest BCUT2D eigenvalue weighted by Gasteiger charge is 2.23. The molecule has 1 aliphatic rings. The third kappa shape index (κ3) is 3.90. The molecule has 0 radical (unpaired) electrons. The monoisotopic (exact) mass is 314 g/mol. The summed E-state index contributed by atoms with van der Waals surface area (Å²) in [5, 5.41) is 4.24. The molecule has 1 aromatic carbocycles. The molecule has 2 rings (SSSR count). The molecule has 0 amide bonds. The van der Waals surface area contributed by atoms with Gasteiger partial charge in [0.1, 0.15) is 0 Å². The third-order valence-corrected chi connectivity index (χ3v) is 6.24. The van der Waals surface area contributed by atoms with Crippen molar-refractivity contribution in [2.75, 3.05) is 18.1 Å². The van der Waals surface area contributed by atoms with Crippen LogP contribution in [0.3, 0.4) is 0 Å². The van der Waals surface area contributed by atoms with Crippen LogP contribution in [0.5, 0.6) is 0 Å². The van der Waals surface area contributed by atoms with Gasteiger partial charge in [0.25, 0.3) is 0 Å². The molecule has 0 aliphatic heterocycles. The fourth-order valence-electron chi connectivity index (χ4n) is 2.52. The maximum atomic E-state index is 11.8. The van der Waals surface area contributed by atoms with Gasteiger partial charge in [-0.05, 0) is 49.8 Å². The Morgan fingerprint density at radius 3 is 2.50 bits per heavy atom. The summed E-state index contributed by atoms with van der Waals surface area (Å²) < 4.78 is 26.2. The van der Waals surface area contributed by atoms with E-state index in [4.69, 9.17) is 0 Å². The Labute approximate surface area is 125 Å². The third-order valence-electron chi connectivity index (χ3n) is 3.59. The van der Waals surface area contributed by atoms with E-state index in [0.29, 0.717) is 17.5 Å². The zero-order valence-electron chi connectivity index (χ0n) is 11.9. The van der Waals surface area contributed by atoms with E-state index in [9.17, 15) is 8.42 Å². The maximum absolute atomic E-state index is 11.8. The van der Waals surface area contributed by atoms with Crippen LogP contribution in [0.15, 0.2) is 29.2 Å². The number of anilines is 1. The van der Waals surface area contributed by atoms with Gasteiger partial charge in [0.05, 0.1) is 4.90 Å². The van der Waals surface area contributed by atoms with E-state index in [1.54, 1.807) is 19.1 Å². The van der Waals surface area contributed by atoms with Crippen molar-refractivity contribution in [3.05, 3.63) is 24.3 Å². The smallest absolute Gasteiger partial charge is 0.240 e. The Morgan fingerprint density at radius 1 is 1.25 bits per heavy atom. The van der Waals surface area contributed by atoms with Crippen LogP contribution in [0.2, 0.25) is 0 Å². The maximum Gasteiger partial charge on any atom is 0.240 e. The van der Waals surface area contributed by atoms with E-state index in [1.165, 1.54) is 19.3 Å². The second-order valence-electron chi connectivity index (χ2n) is 5.04. The molecule has 0 heterocycles. The Kier molecular flexibility index (Phi) is 5.35. The Morgan fingerprint density at radius 2 is 1.95 bits per heavy atom. The zero-order valence-corrected chi connectivity index (χ0v) is 13.6. The van der Waals surface area contributed by atoms with Crippen molar-refractivity contribution in [2.24, 2.45) is 0 Å². The van der Waals surface area contributed by atoms with Crippen LogP contribution in [0, 0.1) is 0 Å². The van der Waals surface area contributed by atoms with Gasteiger partial charge in [0.2, 0.25) is 10.0 Å². The molecule has 0 aromatic heterocycles. The minimum atomic E-state index is -3.35. The van der Waals surface area contributed by atoms with Crippen molar-refractivity contribution in [1.29, 1.82) is 0 Å². The van der Waals surface area contributed by atoms with Crippen molar-refractivity contribution in [1.82, 2.24) is 4.72 Å². The largest absolute Gasteiger partial charge is 0.382 e. The molecule has 2 N–H and O–H groups in total. The number of rotatable bonds is 6. The van der Waals surface area contributed by atoms with Gasteiger partial charge in [-0.1, -0.05) is 6.92 Å². The van der Waals surface area contributed by atoms with Gasteiger partial charge in [-0.3, -0.25) is 0 Å². The topological polar surface area (TPSA) is 58.2 Å². The molecule has 1 saturated carbocycles. The summed E-state index contributed by atoms with van der Waals surface area (Å²) in [6.45, 7) is 2.18. The highest BCUT2D eigenvalue weighted by molar-refractivity contribution is 7.99. The summed E-state index contributed by atoms with van der Waals surface area (Å²) in [6.07, 6.45) is 5.78. The second kappa shape index (κ2) is 6.83. The van der Waals surface area contributed by atoms with Crippen molar-refractivity contribution >= 4 is 27.5 Å². The summed E-state index contributed by atoms with van der Waals surface area (Å²) in [5.41, 5.74) is 0.993. The number of sulfonamides is 1. The summed E-state index contributed by atoms with van der Waals surface area (Å²) in [5.74, 6) is 0. The number of thioether (sulfide) groups is 1. The quantitative estimate of drug-likeness (QED) is 0.847. The SMILES string of the molecule is CCNS(=O)(=O)c1ccc(NC2CCC(SC)C2)cc1. The average molecular weight is 314 g/mol. The van der Waals surface area contributed by atoms with E-state index >= 15 is 0 Å². The molecule has 0 saturated heterocycles. The van der Waals surface area contributed by atoms with E-state index in [-0.39, 0.29) is 0 Å². The molecule has 20 heavy (non-hydrogen) atoms. The second-order valence-corrected chi connectivity index (χ2v) is 7.94. The number of hydrogen-bond acceptors (Lipinski definition) is 4. The molecule has 0 spiro atoms. The van der Waals surface area contributed by atoms with E-state index in [0.717, 1.165) is 10.9 Å². The number of benzene rings is 1. The standard InChI is InChI=1S/C14H22N2O2S2/c1-3-15-20(17,18)14-8-5-11(6-9-14)16-12-4-7-13(10-12)19-2/h5-6,8-9,12-13,15-16H,3-4,7,10H2,1-2H3. The lowest BCUT2D eigenvalue weighted by Crippen LogP contribution is -2.23. The molecule has 1 fully saturated rings. The van der Waals surface area contributed by atoms with Gasteiger partial charge in [0, 0.05) is 23.5 Å². The molecule has 6 heteroatoms. The first-order valence-corrected chi connectivity index (χ1v) is 9.71. The summed E-state index contributed by atoms with van der Waals surface area (Å²) >= 11 is 1.93. The van der Waals surface area contributed by atoms with Crippen LogP contribution in [0.4, 0.5) is 5.69 Å². The van der Waals surface area contributed by atoms with Crippen LogP contribution in [-0.4, -0.2) is 32.5 Å².